The van der Waals surface area contributed by atoms with Crippen LogP contribution in [-0.4, -0.2) is 45.6 Å². The third-order valence-corrected chi connectivity index (χ3v) is 5.16. The van der Waals surface area contributed by atoms with Crippen LogP contribution in [-0.2, 0) is 18.4 Å². The van der Waals surface area contributed by atoms with Crippen LogP contribution in [0, 0.1) is 6.92 Å². The van der Waals surface area contributed by atoms with Gasteiger partial charge in [0.1, 0.15) is 5.52 Å². The molecule has 28 heavy (non-hydrogen) atoms. The average Bonchev–Trinajstić information content (AvgIpc) is 3.01. The molecule has 1 aromatic carbocycles. The van der Waals surface area contributed by atoms with E-state index < -0.39 is 0 Å². The summed E-state index contributed by atoms with van der Waals surface area (Å²) in [4.78, 5) is 25.0. The predicted octanol–water partition coefficient (Wildman–Crippen LogP) is 1.87. The number of aromatic nitrogens is 3. The molecule has 0 saturated carbocycles. The van der Waals surface area contributed by atoms with Crippen molar-refractivity contribution in [3.63, 3.8) is 0 Å². The lowest BCUT2D eigenvalue weighted by atomic mass is 10.1. The minimum absolute atomic E-state index is 0.168. The molecular formula is C19H24N6O2S. The van der Waals surface area contributed by atoms with Crippen LogP contribution in [0.1, 0.15) is 11.3 Å². The molecule has 0 bridgehead atoms. The summed E-state index contributed by atoms with van der Waals surface area (Å²) >= 11 is 1.47. The molecular weight excluding hydrogens is 376 g/mol. The smallest absolute Gasteiger partial charge is 0.252 e. The van der Waals surface area contributed by atoms with Gasteiger partial charge in [0, 0.05) is 36.9 Å². The Morgan fingerprint density at radius 3 is 2.86 bits per heavy atom. The number of likely N-dealkylation sites (N-methyl/N-ethyl adjacent to an activating group) is 1. The van der Waals surface area contributed by atoms with Crippen molar-refractivity contribution < 1.29 is 4.79 Å². The van der Waals surface area contributed by atoms with Gasteiger partial charge >= 0.3 is 0 Å². The van der Waals surface area contributed by atoms with Crippen LogP contribution in [0.4, 0.5) is 5.69 Å². The fraction of sp³-hybridized carbons (Fsp3) is 0.316. The number of aryl methyl sites for hydroxylation is 2. The number of fused-ring (bicyclic) bond motifs is 1. The Kier molecular flexibility index (Phi) is 6.18. The van der Waals surface area contributed by atoms with E-state index in [4.69, 9.17) is 0 Å². The van der Waals surface area contributed by atoms with Gasteiger partial charge in [0.15, 0.2) is 0 Å². The topological polar surface area (TPSA) is 95.0 Å². The summed E-state index contributed by atoms with van der Waals surface area (Å²) < 4.78 is 3.30. The number of carbonyl (C=O) groups is 1. The average molecular weight is 401 g/mol. The van der Waals surface area contributed by atoms with Crippen LogP contribution in [0.5, 0.6) is 0 Å². The van der Waals surface area contributed by atoms with Crippen molar-refractivity contribution >= 4 is 34.4 Å². The Labute approximate surface area is 167 Å². The third kappa shape index (κ3) is 4.61. The first kappa shape index (κ1) is 20.1. The summed E-state index contributed by atoms with van der Waals surface area (Å²) in [6, 6.07) is 7.27. The minimum atomic E-state index is -0.190. The van der Waals surface area contributed by atoms with Crippen LogP contribution in [0.3, 0.4) is 0 Å². The number of aromatic amines is 1. The van der Waals surface area contributed by atoms with E-state index in [-0.39, 0.29) is 18.0 Å². The molecule has 2 heterocycles. The van der Waals surface area contributed by atoms with Crippen LogP contribution in [0.15, 0.2) is 40.2 Å². The highest BCUT2D eigenvalue weighted by atomic mass is 32.2. The van der Waals surface area contributed by atoms with Crippen LogP contribution in [0.25, 0.3) is 10.9 Å². The number of anilines is 1. The summed E-state index contributed by atoms with van der Waals surface area (Å²) in [7, 11) is 5.41. The van der Waals surface area contributed by atoms with Gasteiger partial charge in [-0.15, -0.1) is 0 Å². The lowest BCUT2D eigenvalue weighted by molar-refractivity contribution is -0.116. The minimum Gasteiger partial charge on any atom is -0.325 e. The second kappa shape index (κ2) is 8.59. The van der Waals surface area contributed by atoms with Crippen molar-refractivity contribution in [1.29, 1.82) is 0 Å². The van der Waals surface area contributed by atoms with E-state index in [2.05, 4.69) is 33.0 Å². The predicted molar refractivity (Wildman–Crippen MR) is 112 cm³/mol. The first-order chi connectivity index (χ1) is 13.4. The molecule has 1 amide bonds. The molecule has 0 aliphatic carbocycles. The number of benzene rings is 1. The van der Waals surface area contributed by atoms with E-state index in [1.807, 2.05) is 25.3 Å². The number of H-pyrrole nitrogens is 1. The molecule has 0 atom stereocenters. The zero-order valence-electron chi connectivity index (χ0n) is 16.4. The van der Waals surface area contributed by atoms with Crippen molar-refractivity contribution in [3.8, 4) is 0 Å². The molecule has 0 fully saturated rings. The van der Waals surface area contributed by atoms with Crippen LogP contribution >= 0.6 is 11.9 Å². The van der Waals surface area contributed by atoms with Gasteiger partial charge in [0.2, 0.25) is 5.91 Å². The Morgan fingerprint density at radius 2 is 2.14 bits per heavy atom. The zero-order chi connectivity index (χ0) is 20.3. The molecule has 3 N–H and O–H groups in total. The quantitative estimate of drug-likeness (QED) is 0.524. The van der Waals surface area contributed by atoms with Crippen molar-refractivity contribution in [3.05, 3.63) is 52.1 Å². The summed E-state index contributed by atoms with van der Waals surface area (Å²) in [5, 5.41) is 14.5. The van der Waals surface area contributed by atoms with Crippen molar-refractivity contribution in [2.45, 2.75) is 18.4 Å². The van der Waals surface area contributed by atoms with Gasteiger partial charge in [0.25, 0.3) is 5.56 Å². The summed E-state index contributed by atoms with van der Waals surface area (Å²) in [5.41, 5.74) is 3.38. The highest BCUT2D eigenvalue weighted by Crippen LogP contribution is 2.31. The van der Waals surface area contributed by atoms with Crippen molar-refractivity contribution in [2.75, 3.05) is 26.0 Å². The first-order valence-corrected chi connectivity index (χ1v) is 9.62. The summed E-state index contributed by atoms with van der Waals surface area (Å²) in [6.45, 7) is 2.92. The number of pyridine rings is 1. The van der Waals surface area contributed by atoms with Gasteiger partial charge in [-0.1, -0.05) is 0 Å². The number of rotatable bonds is 7. The fourth-order valence-corrected chi connectivity index (χ4v) is 3.88. The SMILES string of the molecule is CNCc1[nH]nc2c(SN(C)CC(=O)Nc3ccn(C)c(=O)c3)cc(C)cc12. The third-order valence-electron chi connectivity index (χ3n) is 4.21. The first-order valence-electron chi connectivity index (χ1n) is 8.85. The number of amides is 1. The van der Waals surface area contributed by atoms with Crippen molar-refractivity contribution in [1.82, 2.24) is 24.4 Å². The number of carbonyl (C=O) groups excluding carboxylic acids is 1. The van der Waals surface area contributed by atoms with Crippen LogP contribution < -0.4 is 16.2 Å². The van der Waals surface area contributed by atoms with Crippen molar-refractivity contribution in [2.24, 2.45) is 7.05 Å². The second-order valence-corrected chi connectivity index (χ2v) is 7.93. The Bertz CT molecular complexity index is 1060. The standard InChI is InChI=1S/C19H24N6O2S/c1-12-7-14-15(10-20-2)22-23-19(14)16(8-12)28-25(4)11-17(26)21-13-5-6-24(3)18(27)9-13/h5-9,20H,10-11H2,1-4H3,(H,21,26)(H,22,23). The van der Waals surface area contributed by atoms with Gasteiger partial charge in [0.05, 0.1) is 17.1 Å². The lowest BCUT2D eigenvalue weighted by Gasteiger charge is -2.16. The highest BCUT2D eigenvalue weighted by Gasteiger charge is 2.14. The molecule has 148 valence electrons. The number of nitrogens with one attached hydrogen (secondary N) is 3. The maximum Gasteiger partial charge on any atom is 0.252 e. The molecule has 9 heteroatoms. The Hall–Kier alpha value is -2.62. The number of hydrogen-bond donors (Lipinski definition) is 3. The largest absolute Gasteiger partial charge is 0.325 e. The fourth-order valence-electron chi connectivity index (χ4n) is 2.88. The van der Waals surface area contributed by atoms with Gasteiger partial charge < -0.3 is 15.2 Å². The Morgan fingerprint density at radius 1 is 1.36 bits per heavy atom. The monoisotopic (exact) mass is 400 g/mol. The number of hydrogen-bond acceptors (Lipinski definition) is 6. The highest BCUT2D eigenvalue weighted by molar-refractivity contribution is 7.97. The lowest BCUT2D eigenvalue weighted by Crippen LogP contribution is -2.26. The zero-order valence-corrected chi connectivity index (χ0v) is 17.2. The molecule has 0 spiro atoms. The van der Waals surface area contributed by atoms with Gasteiger partial charge in [-0.25, -0.2) is 4.31 Å². The molecule has 2 aromatic heterocycles. The second-order valence-electron chi connectivity index (χ2n) is 6.68. The molecule has 0 saturated heterocycles. The van der Waals surface area contributed by atoms with Gasteiger partial charge in [-0.3, -0.25) is 14.7 Å². The van der Waals surface area contributed by atoms with Gasteiger partial charge in [-0.2, -0.15) is 5.10 Å². The molecule has 0 aliphatic heterocycles. The summed E-state index contributed by atoms with van der Waals surface area (Å²) in [6.07, 6.45) is 1.63. The van der Waals surface area contributed by atoms with E-state index >= 15 is 0 Å². The molecule has 0 radical (unpaired) electrons. The van der Waals surface area contributed by atoms with E-state index in [0.29, 0.717) is 12.2 Å². The molecule has 0 unspecified atom stereocenters. The molecule has 3 aromatic rings. The number of nitrogens with zero attached hydrogens (tertiary/aromatic N) is 3. The maximum atomic E-state index is 12.3. The van der Waals surface area contributed by atoms with E-state index in [1.54, 1.807) is 19.3 Å². The van der Waals surface area contributed by atoms with E-state index in [1.165, 1.54) is 22.6 Å². The van der Waals surface area contributed by atoms with E-state index in [0.717, 1.165) is 27.1 Å². The summed E-state index contributed by atoms with van der Waals surface area (Å²) in [5.74, 6) is -0.190. The van der Waals surface area contributed by atoms with Crippen LogP contribution in [0.2, 0.25) is 0 Å². The normalized spacial score (nSPS) is 11.3. The maximum absolute atomic E-state index is 12.3. The van der Waals surface area contributed by atoms with E-state index in [9.17, 15) is 9.59 Å². The Balaban J connectivity index is 1.70. The van der Waals surface area contributed by atoms with Gasteiger partial charge in [-0.05, 0) is 56.7 Å². The molecule has 3 rings (SSSR count). The molecule has 0 aliphatic rings. The molecule has 8 nitrogen and oxygen atoms in total.